The molecule has 0 bridgehead atoms. The fraction of sp³-hybridized carbons (Fsp3) is 0.625. The highest BCUT2D eigenvalue weighted by molar-refractivity contribution is 7.88. The molecule has 0 fully saturated rings. The van der Waals surface area contributed by atoms with E-state index >= 15 is 0 Å². The quantitative estimate of drug-likeness (QED) is 0.652. The van der Waals surface area contributed by atoms with E-state index in [9.17, 15) is 8.42 Å². The Morgan fingerprint density at radius 2 is 1.81 bits per heavy atom. The molecule has 1 aromatic carbocycles. The number of nitrogens with one attached hydrogen (secondary N) is 1. The van der Waals surface area contributed by atoms with Crippen LogP contribution in [0, 0.1) is 0 Å². The second kappa shape index (κ2) is 9.18. The molecular weight excluding hydrogens is 284 g/mol. The summed E-state index contributed by atoms with van der Waals surface area (Å²) < 4.78 is 27.2. The van der Waals surface area contributed by atoms with Crippen LogP contribution in [0.25, 0.3) is 0 Å². The van der Waals surface area contributed by atoms with Gasteiger partial charge < -0.3 is 5.73 Å². The summed E-state index contributed by atoms with van der Waals surface area (Å²) in [5.74, 6) is -0.000324. The number of hydrogen-bond donors (Lipinski definition) is 2. The van der Waals surface area contributed by atoms with Crippen LogP contribution in [-0.4, -0.2) is 14.5 Å². The molecule has 21 heavy (non-hydrogen) atoms. The molecule has 1 atom stereocenters. The molecule has 0 saturated heterocycles. The number of hydrogen-bond acceptors (Lipinski definition) is 3. The summed E-state index contributed by atoms with van der Waals surface area (Å²) >= 11 is 0. The zero-order chi connectivity index (χ0) is 15.7. The predicted molar refractivity (Wildman–Crippen MR) is 88.3 cm³/mol. The van der Waals surface area contributed by atoms with Gasteiger partial charge in [0.2, 0.25) is 10.0 Å². The molecule has 0 aliphatic carbocycles. The highest BCUT2D eigenvalue weighted by Gasteiger charge is 2.16. The SMILES string of the molecule is CCCCCCC(C)NS(=O)(=O)Cc1ccccc1CN. The van der Waals surface area contributed by atoms with Gasteiger partial charge in [0.1, 0.15) is 0 Å². The Kier molecular flexibility index (Phi) is 7.93. The molecule has 0 heterocycles. The summed E-state index contributed by atoms with van der Waals surface area (Å²) in [6.45, 7) is 4.46. The molecule has 0 radical (unpaired) electrons. The first-order valence-electron chi connectivity index (χ1n) is 7.75. The third-order valence-corrected chi connectivity index (χ3v) is 5.01. The van der Waals surface area contributed by atoms with Crippen LogP contribution < -0.4 is 10.5 Å². The van der Waals surface area contributed by atoms with Gasteiger partial charge in [-0.2, -0.15) is 0 Å². The van der Waals surface area contributed by atoms with E-state index in [1.54, 1.807) is 0 Å². The Bertz CT molecular complexity index is 515. The number of nitrogens with two attached hydrogens (primary N) is 1. The standard InChI is InChI=1S/C16H28N2O2S/c1-3-4-5-6-9-14(2)18-21(19,20)13-16-11-8-7-10-15(16)12-17/h7-8,10-11,14,18H,3-6,9,12-13,17H2,1-2H3. The van der Waals surface area contributed by atoms with E-state index in [1.807, 2.05) is 31.2 Å². The minimum absolute atomic E-state index is 0.000324. The van der Waals surface area contributed by atoms with E-state index in [1.165, 1.54) is 19.3 Å². The lowest BCUT2D eigenvalue weighted by molar-refractivity contribution is 0.521. The van der Waals surface area contributed by atoms with E-state index in [0.29, 0.717) is 6.54 Å². The van der Waals surface area contributed by atoms with Crippen LogP contribution in [0.2, 0.25) is 0 Å². The van der Waals surface area contributed by atoms with Crippen molar-refractivity contribution in [3.8, 4) is 0 Å². The fourth-order valence-electron chi connectivity index (χ4n) is 2.39. The summed E-state index contributed by atoms with van der Waals surface area (Å²) in [6, 6.07) is 7.41. The van der Waals surface area contributed by atoms with Crippen LogP contribution in [0.5, 0.6) is 0 Å². The zero-order valence-electron chi connectivity index (χ0n) is 13.1. The first kappa shape index (κ1) is 18.1. The maximum absolute atomic E-state index is 12.2. The van der Waals surface area contributed by atoms with Crippen LogP contribution in [-0.2, 0) is 22.3 Å². The van der Waals surface area contributed by atoms with Crippen molar-refractivity contribution in [3.05, 3.63) is 35.4 Å². The lowest BCUT2D eigenvalue weighted by Crippen LogP contribution is -2.33. The largest absolute Gasteiger partial charge is 0.326 e. The molecule has 1 aromatic rings. The Hall–Kier alpha value is -0.910. The van der Waals surface area contributed by atoms with E-state index in [-0.39, 0.29) is 11.8 Å². The molecule has 3 N–H and O–H groups in total. The maximum Gasteiger partial charge on any atom is 0.216 e. The maximum atomic E-state index is 12.2. The third kappa shape index (κ3) is 7.07. The smallest absolute Gasteiger partial charge is 0.216 e. The van der Waals surface area contributed by atoms with Gasteiger partial charge in [-0.1, -0.05) is 56.9 Å². The fourth-order valence-corrected chi connectivity index (χ4v) is 3.89. The normalized spacial score (nSPS) is 13.3. The minimum Gasteiger partial charge on any atom is -0.326 e. The molecule has 1 unspecified atom stereocenters. The van der Waals surface area contributed by atoms with Crippen LogP contribution >= 0.6 is 0 Å². The van der Waals surface area contributed by atoms with E-state index in [4.69, 9.17) is 5.73 Å². The van der Waals surface area contributed by atoms with E-state index in [0.717, 1.165) is 24.0 Å². The van der Waals surface area contributed by atoms with Crippen molar-refractivity contribution in [2.45, 2.75) is 64.3 Å². The third-order valence-electron chi connectivity index (χ3n) is 3.56. The number of rotatable bonds is 10. The van der Waals surface area contributed by atoms with E-state index in [2.05, 4.69) is 11.6 Å². The lowest BCUT2D eigenvalue weighted by Gasteiger charge is -2.15. The summed E-state index contributed by atoms with van der Waals surface area (Å²) in [5, 5.41) is 0. The predicted octanol–water partition coefficient (Wildman–Crippen LogP) is 2.92. The van der Waals surface area contributed by atoms with Crippen molar-refractivity contribution in [1.29, 1.82) is 0 Å². The zero-order valence-corrected chi connectivity index (χ0v) is 14.0. The highest BCUT2D eigenvalue weighted by atomic mass is 32.2. The molecule has 0 amide bonds. The molecule has 0 saturated carbocycles. The van der Waals surface area contributed by atoms with Gasteiger partial charge in [-0.25, -0.2) is 13.1 Å². The average Bonchev–Trinajstić information content (AvgIpc) is 2.43. The Balaban J connectivity index is 2.53. The van der Waals surface area contributed by atoms with Crippen molar-refractivity contribution in [2.24, 2.45) is 5.73 Å². The molecule has 5 heteroatoms. The molecular formula is C16H28N2O2S. The molecule has 0 spiro atoms. The van der Waals surface area contributed by atoms with Crippen LogP contribution in [0.15, 0.2) is 24.3 Å². The molecule has 0 aliphatic heterocycles. The summed E-state index contributed by atoms with van der Waals surface area (Å²) in [7, 11) is -3.31. The molecule has 0 aliphatic rings. The molecule has 1 rings (SSSR count). The van der Waals surface area contributed by atoms with Crippen molar-refractivity contribution in [1.82, 2.24) is 4.72 Å². The van der Waals surface area contributed by atoms with Crippen LogP contribution in [0.1, 0.15) is 57.1 Å². The van der Waals surface area contributed by atoms with Gasteiger partial charge in [0.05, 0.1) is 5.75 Å². The lowest BCUT2D eigenvalue weighted by atomic mass is 10.1. The topological polar surface area (TPSA) is 72.2 Å². The van der Waals surface area contributed by atoms with Crippen LogP contribution in [0.4, 0.5) is 0 Å². The summed E-state index contributed by atoms with van der Waals surface area (Å²) in [5.41, 5.74) is 7.32. The number of sulfonamides is 1. The summed E-state index contributed by atoms with van der Waals surface area (Å²) in [4.78, 5) is 0. The number of benzene rings is 1. The number of unbranched alkanes of at least 4 members (excludes halogenated alkanes) is 3. The van der Waals surface area contributed by atoms with Gasteiger partial charge in [-0.3, -0.25) is 0 Å². The van der Waals surface area contributed by atoms with Gasteiger partial charge >= 0.3 is 0 Å². The van der Waals surface area contributed by atoms with Gasteiger partial charge in [0.15, 0.2) is 0 Å². The van der Waals surface area contributed by atoms with Crippen molar-refractivity contribution in [2.75, 3.05) is 0 Å². The molecule has 4 nitrogen and oxygen atoms in total. The average molecular weight is 312 g/mol. The monoisotopic (exact) mass is 312 g/mol. The summed E-state index contributed by atoms with van der Waals surface area (Å²) in [6.07, 6.45) is 5.52. The Morgan fingerprint density at radius 3 is 2.43 bits per heavy atom. The van der Waals surface area contributed by atoms with Crippen molar-refractivity contribution in [3.63, 3.8) is 0 Å². The second-order valence-electron chi connectivity index (χ2n) is 5.60. The van der Waals surface area contributed by atoms with Gasteiger partial charge in [-0.05, 0) is 24.5 Å². The molecule has 120 valence electrons. The van der Waals surface area contributed by atoms with Gasteiger partial charge in [-0.15, -0.1) is 0 Å². The van der Waals surface area contributed by atoms with Crippen molar-refractivity contribution < 1.29 is 8.42 Å². The first-order chi connectivity index (χ1) is 9.98. The highest BCUT2D eigenvalue weighted by Crippen LogP contribution is 2.13. The van der Waals surface area contributed by atoms with Crippen LogP contribution in [0.3, 0.4) is 0 Å². The van der Waals surface area contributed by atoms with E-state index < -0.39 is 10.0 Å². The minimum atomic E-state index is -3.31. The molecule has 0 aromatic heterocycles. The first-order valence-corrected chi connectivity index (χ1v) is 9.40. The van der Waals surface area contributed by atoms with Crippen molar-refractivity contribution >= 4 is 10.0 Å². The van der Waals surface area contributed by atoms with Gasteiger partial charge in [0.25, 0.3) is 0 Å². The van der Waals surface area contributed by atoms with Gasteiger partial charge in [0, 0.05) is 12.6 Å². The Morgan fingerprint density at radius 1 is 1.14 bits per heavy atom. The Labute approximate surface area is 129 Å². The second-order valence-corrected chi connectivity index (χ2v) is 7.35.